The fraction of sp³-hybridized carbons (Fsp3) is 0.250. The van der Waals surface area contributed by atoms with E-state index < -0.39 is 16.3 Å². The zero-order valence-electron chi connectivity index (χ0n) is 15.7. The molecule has 3 rings (SSSR count). The average Bonchev–Trinajstić information content (AvgIpc) is 2.84. The molecule has 0 amide bonds. The monoisotopic (exact) mass is 402 g/mol. The zero-order valence-corrected chi connectivity index (χ0v) is 16.5. The molecule has 1 atom stereocenters. The minimum Gasteiger partial charge on any atom is -0.337 e. The number of hydrogen-bond donors (Lipinski definition) is 1. The van der Waals surface area contributed by atoms with E-state index in [0.717, 1.165) is 34.3 Å². The van der Waals surface area contributed by atoms with E-state index in [0.29, 0.717) is 10.9 Å². The summed E-state index contributed by atoms with van der Waals surface area (Å²) in [5, 5.41) is 12.0. The maximum absolute atomic E-state index is 14.4. The van der Waals surface area contributed by atoms with Crippen molar-refractivity contribution in [2.45, 2.75) is 32.8 Å². The maximum Gasteiger partial charge on any atom is 0.270 e. The molecular formula is C20H20ClFN4O2. The summed E-state index contributed by atoms with van der Waals surface area (Å²) in [7, 11) is 0. The highest BCUT2D eigenvalue weighted by Gasteiger charge is 2.20. The molecule has 2 aromatic heterocycles. The molecule has 0 saturated heterocycles. The molecule has 6 nitrogen and oxygen atoms in total. The van der Waals surface area contributed by atoms with Gasteiger partial charge in [-0.3, -0.25) is 15.1 Å². The number of nitro benzene ring substituents is 1. The SMILES string of the molecule is Cc1cc(-c2c(C)n(C/C(F)=C/C(N)Cl)c3ccc([N+](=O)[O-])cc23)cc(C)n1. The normalized spacial score (nSPS) is 13.1. The molecule has 0 fully saturated rings. The van der Waals surface area contributed by atoms with Crippen molar-refractivity contribution in [3.63, 3.8) is 0 Å². The van der Waals surface area contributed by atoms with Gasteiger partial charge in [0.2, 0.25) is 0 Å². The van der Waals surface area contributed by atoms with Crippen molar-refractivity contribution >= 4 is 28.2 Å². The minimum absolute atomic E-state index is 0.0211. The van der Waals surface area contributed by atoms with E-state index in [1.807, 2.05) is 32.9 Å². The summed E-state index contributed by atoms with van der Waals surface area (Å²) in [4.78, 5) is 15.2. The van der Waals surface area contributed by atoms with Crippen molar-refractivity contribution in [1.82, 2.24) is 9.55 Å². The number of aromatic nitrogens is 2. The summed E-state index contributed by atoms with van der Waals surface area (Å²) in [6, 6.07) is 8.41. The molecule has 3 aromatic rings. The van der Waals surface area contributed by atoms with Crippen LogP contribution in [-0.2, 0) is 6.54 Å². The first-order valence-corrected chi connectivity index (χ1v) is 9.09. The van der Waals surface area contributed by atoms with Crippen molar-refractivity contribution in [2.75, 3.05) is 0 Å². The highest BCUT2D eigenvalue weighted by atomic mass is 35.5. The number of rotatable bonds is 5. The molecule has 0 saturated carbocycles. The highest BCUT2D eigenvalue weighted by Crippen LogP contribution is 2.37. The number of non-ortho nitro benzene ring substituents is 1. The van der Waals surface area contributed by atoms with Crippen molar-refractivity contribution in [3.05, 3.63) is 69.4 Å². The number of fused-ring (bicyclic) bond motifs is 1. The summed E-state index contributed by atoms with van der Waals surface area (Å²) in [6.45, 7) is 5.57. The topological polar surface area (TPSA) is 87.0 Å². The standard InChI is InChI=1S/C20H20ClFN4O2/c1-11-6-14(7-12(2)24-11)20-13(3)25(10-15(22)8-19(21)23)18-5-4-16(26(27)28)9-17(18)20/h4-9,19H,10,23H2,1-3H3/b15-8-. The average molecular weight is 403 g/mol. The molecule has 0 spiro atoms. The van der Waals surface area contributed by atoms with Gasteiger partial charge in [0.15, 0.2) is 0 Å². The molecule has 1 aromatic carbocycles. The van der Waals surface area contributed by atoms with E-state index in [2.05, 4.69) is 4.98 Å². The summed E-state index contributed by atoms with van der Waals surface area (Å²) in [5.74, 6) is -0.477. The second kappa shape index (κ2) is 7.69. The van der Waals surface area contributed by atoms with Gasteiger partial charge in [-0.1, -0.05) is 0 Å². The largest absolute Gasteiger partial charge is 0.337 e. The lowest BCUT2D eigenvalue weighted by molar-refractivity contribution is -0.384. The van der Waals surface area contributed by atoms with Gasteiger partial charge >= 0.3 is 0 Å². The maximum atomic E-state index is 14.4. The Hall–Kier alpha value is -2.77. The van der Waals surface area contributed by atoms with E-state index in [1.54, 1.807) is 10.6 Å². The lowest BCUT2D eigenvalue weighted by atomic mass is 10.0. The first-order chi connectivity index (χ1) is 13.2. The summed E-state index contributed by atoms with van der Waals surface area (Å²) >= 11 is 5.66. The van der Waals surface area contributed by atoms with Crippen LogP contribution in [0.15, 0.2) is 42.2 Å². The lowest BCUT2D eigenvalue weighted by Gasteiger charge is -2.09. The number of hydrogen-bond acceptors (Lipinski definition) is 4. The molecule has 0 aliphatic heterocycles. The first kappa shape index (κ1) is 20.0. The third-order valence-corrected chi connectivity index (χ3v) is 4.66. The smallest absolute Gasteiger partial charge is 0.270 e. The predicted octanol–water partition coefficient (Wildman–Crippen LogP) is 4.91. The third kappa shape index (κ3) is 3.90. The van der Waals surface area contributed by atoms with E-state index >= 15 is 0 Å². The van der Waals surface area contributed by atoms with Gasteiger partial charge in [0, 0.05) is 45.7 Å². The van der Waals surface area contributed by atoms with Gasteiger partial charge in [0.1, 0.15) is 11.3 Å². The summed E-state index contributed by atoms with van der Waals surface area (Å²) < 4.78 is 16.1. The number of nitrogens with two attached hydrogens (primary N) is 1. The van der Waals surface area contributed by atoms with Crippen LogP contribution in [0.25, 0.3) is 22.0 Å². The van der Waals surface area contributed by atoms with Crippen LogP contribution in [0.2, 0.25) is 0 Å². The molecule has 0 bridgehead atoms. The molecule has 28 heavy (non-hydrogen) atoms. The van der Waals surface area contributed by atoms with Gasteiger partial charge in [-0.2, -0.15) is 0 Å². The van der Waals surface area contributed by atoms with E-state index in [-0.39, 0.29) is 12.2 Å². The van der Waals surface area contributed by atoms with E-state index in [4.69, 9.17) is 17.3 Å². The van der Waals surface area contributed by atoms with Crippen molar-refractivity contribution < 1.29 is 9.31 Å². The Bertz CT molecular complexity index is 1090. The fourth-order valence-corrected chi connectivity index (χ4v) is 3.64. The van der Waals surface area contributed by atoms with Crippen LogP contribution in [-0.4, -0.2) is 20.0 Å². The van der Waals surface area contributed by atoms with E-state index in [9.17, 15) is 14.5 Å². The summed E-state index contributed by atoms with van der Waals surface area (Å²) in [5.41, 5.74) is 9.33. The molecule has 0 aliphatic rings. The van der Waals surface area contributed by atoms with Crippen molar-refractivity contribution in [2.24, 2.45) is 5.73 Å². The molecule has 2 heterocycles. The number of nitro groups is 1. The number of pyridine rings is 1. The Balaban J connectivity index is 2.30. The Morgan fingerprint density at radius 2 is 1.96 bits per heavy atom. The summed E-state index contributed by atoms with van der Waals surface area (Å²) in [6.07, 6.45) is 1.14. The molecule has 0 aliphatic carbocycles. The first-order valence-electron chi connectivity index (χ1n) is 8.66. The predicted molar refractivity (Wildman–Crippen MR) is 109 cm³/mol. The van der Waals surface area contributed by atoms with Crippen LogP contribution >= 0.6 is 11.6 Å². The van der Waals surface area contributed by atoms with E-state index in [1.165, 1.54) is 12.1 Å². The van der Waals surface area contributed by atoms with Crippen LogP contribution in [0.1, 0.15) is 17.1 Å². The Morgan fingerprint density at radius 1 is 1.32 bits per heavy atom. The van der Waals surface area contributed by atoms with Crippen LogP contribution in [0.3, 0.4) is 0 Å². The van der Waals surface area contributed by atoms with Gasteiger partial charge in [-0.15, -0.1) is 11.6 Å². The molecule has 146 valence electrons. The molecule has 0 radical (unpaired) electrons. The number of nitrogens with zero attached hydrogens (tertiary/aromatic N) is 3. The Labute approximate surface area is 166 Å². The Kier molecular flexibility index (Phi) is 5.49. The van der Waals surface area contributed by atoms with Crippen LogP contribution < -0.4 is 5.73 Å². The van der Waals surface area contributed by atoms with Crippen LogP contribution in [0, 0.1) is 30.9 Å². The second-order valence-corrected chi connectivity index (χ2v) is 7.21. The number of halogens is 2. The van der Waals surface area contributed by atoms with Crippen molar-refractivity contribution in [3.8, 4) is 11.1 Å². The Morgan fingerprint density at radius 3 is 2.54 bits per heavy atom. The molecular weight excluding hydrogens is 383 g/mol. The number of allylic oxidation sites excluding steroid dienone is 1. The van der Waals surface area contributed by atoms with Crippen LogP contribution in [0.5, 0.6) is 0 Å². The lowest BCUT2D eigenvalue weighted by Crippen LogP contribution is -2.09. The molecule has 2 N–H and O–H groups in total. The fourth-order valence-electron chi connectivity index (χ4n) is 3.51. The van der Waals surface area contributed by atoms with Gasteiger partial charge in [0.25, 0.3) is 5.69 Å². The highest BCUT2D eigenvalue weighted by molar-refractivity contribution is 6.21. The van der Waals surface area contributed by atoms with Gasteiger partial charge in [0.05, 0.1) is 11.5 Å². The molecule has 8 heteroatoms. The van der Waals surface area contributed by atoms with Crippen molar-refractivity contribution in [1.29, 1.82) is 0 Å². The molecule has 1 unspecified atom stereocenters. The number of benzene rings is 1. The van der Waals surface area contributed by atoms with Gasteiger partial charge in [-0.05, 0) is 50.6 Å². The minimum atomic E-state index is -0.923. The van der Waals surface area contributed by atoms with Gasteiger partial charge in [-0.25, -0.2) is 4.39 Å². The second-order valence-electron chi connectivity index (χ2n) is 6.70. The third-order valence-electron chi connectivity index (χ3n) is 4.54. The number of alkyl halides is 1. The van der Waals surface area contributed by atoms with Gasteiger partial charge < -0.3 is 10.3 Å². The number of aryl methyl sites for hydroxylation is 2. The zero-order chi connectivity index (χ0) is 20.6. The van der Waals surface area contributed by atoms with Crippen LogP contribution in [0.4, 0.5) is 10.1 Å². The quantitative estimate of drug-likeness (QED) is 0.284.